The largest absolute Gasteiger partial charge is 0.317 e. The first kappa shape index (κ1) is 35.9. The summed E-state index contributed by atoms with van der Waals surface area (Å²) in [4.78, 5) is 11.4. The zero-order chi connectivity index (χ0) is 41.4. The topological polar surface area (TPSA) is 38.9 Å². The molecule has 11 aromatic rings. The highest BCUT2D eigenvalue weighted by atomic mass is 15.1. The molecule has 0 amide bonds. The third-order valence-corrected chi connectivity index (χ3v) is 12.9. The van der Waals surface area contributed by atoms with Crippen molar-refractivity contribution in [2.75, 3.05) is 4.90 Å². The van der Waals surface area contributed by atoms with Crippen LogP contribution in [-0.4, -0.2) is 19.1 Å². The van der Waals surface area contributed by atoms with Crippen LogP contribution in [0.1, 0.15) is 25.0 Å². The minimum atomic E-state index is -0.121. The van der Waals surface area contributed by atoms with Crippen LogP contribution in [0.5, 0.6) is 0 Å². The highest BCUT2D eigenvalue weighted by Gasteiger charge is 2.35. The van der Waals surface area contributed by atoms with Gasteiger partial charge in [-0.05, 0) is 143 Å². The van der Waals surface area contributed by atoms with Gasteiger partial charge in [0.1, 0.15) is 0 Å². The van der Waals surface area contributed by atoms with Crippen molar-refractivity contribution >= 4 is 49.8 Å². The first-order valence-electron chi connectivity index (χ1n) is 21.2. The Labute approximate surface area is 360 Å². The predicted octanol–water partition coefficient (Wildman–Crippen LogP) is 14.6. The Morgan fingerprint density at radius 1 is 0.435 bits per heavy atom. The zero-order valence-electron chi connectivity index (χ0n) is 34.4. The average Bonchev–Trinajstić information content (AvgIpc) is 3.98. The second kappa shape index (κ2) is 14.0. The lowest BCUT2D eigenvalue weighted by atomic mass is 9.82. The van der Waals surface area contributed by atoms with Crippen LogP contribution in [0.4, 0.5) is 17.1 Å². The van der Waals surface area contributed by atoms with E-state index in [4.69, 9.17) is 0 Å². The van der Waals surface area contributed by atoms with Crippen LogP contribution in [0.2, 0.25) is 0 Å². The van der Waals surface area contributed by atoms with Gasteiger partial charge in [0.2, 0.25) is 0 Å². The van der Waals surface area contributed by atoms with Crippen molar-refractivity contribution in [3.8, 4) is 45.0 Å². The molecule has 0 fully saturated rings. The molecule has 0 atom stereocenters. The minimum Gasteiger partial charge on any atom is -0.317 e. The summed E-state index contributed by atoms with van der Waals surface area (Å²) in [5, 5.41) is 3.72. The van der Waals surface area contributed by atoms with Gasteiger partial charge in [-0.3, -0.25) is 0 Å². The Kier molecular flexibility index (Phi) is 8.12. The smallest absolute Gasteiger partial charge is 0.159 e. The SMILES string of the molecule is CC1(C)c2ccccc2-c2ccc(N(c3ccc(-c4ccc5c(c4)c4c6ccn(-c7ccccc7)c6ccc4n5-c4ccccc4)cc3)c3ccc(-c4ncccn4)cc3)cc21. The maximum Gasteiger partial charge on any atom is 0.159 e. The molecule has 294 valence electrons. The number of hydrogen-bond donors (Lipinski definition) is 0. The molecule has 1 aliphatic carbocycles. The molecule has 12 rings (SSSR count). The molecule has 5 nitrogen and oxygen atoms in total. The molecule has 8 aromatic carbocycles. The molecule has 5 heteroatoms. The molecule has 62 heavy (non-hydrogen) atoms. The van der Waals surface area contributed by atoms with Crippen LogP contribution >= 0.6 is 0 Å². The Balaban J connectivity index is 0.985. The number of anilines is 3. The Hall–Kier alpha value is -8.02. The molecule has 0 saturated carbocycles. The number of para-hydroxylation sites is 2. The van der Waals surface area contributed by atoms with Gasteiger partial charge < -0.3 is 14.0 Å². The number of nitrogens with zero attached hydrogens (tertiary/aromatic N) is 5. The summed E-state index contributed by atoms with van der Waals surface area (Å²) in [5.41, 5.74) is 17.6. The van der Waals surface area contributed by atoms with E-state index in [9.17, 15) is 0 Å². The van der Waals surface area contributed by atoms with Crippen LogP contribution in [0, 0.1) is 0 Å². The van der Waals surface area contributed by atoms with E-state index in [2.05, 4.69) is 232 Å². The fourth-order valence-electron chi connectivity index (χ4n) is 9.87. The maximum absolute atomic E-state index is 4.51. The van der Waals surface area contributed by atoms with Gasteiger partial charge in [-0.15, -0.1) is 0 Å². The van der Waals surface area contributed by atoms with Crippen LogP contribution in [-0.2, 0) is 5.41 Å². The number of rotatable bonds is 7. The summed E-state index contributed by atoms with van der Waals surface area (Å²) in [5.74, 6) is 0.713. The van der Waals surface area contributed by atoms with Gasteiger partial charge in [-0.2, -0.15) is 0 Å². The summed E-state index contributed by atoms with van der Waals surface area (Å²) >= 11 is 0. The Morgan fingerprint density at radius 2 is 1.03 bits per heavy atom. The van der Waals surface area contributed by atoms with Gasteiger partial charge in [0.05, 0.1) is 16.6 Å². The summed E-state index contributed by atoms with van der Waals surface area (Å²) < 4.78 is 4.69. The maximum atomic E-state index is 4.51. The lowest BCUT2D eigenvalue weighted by molar-refractivity contribution is 0.660. The standard InChI is InChI=1S/C57H41N5/c1-57(2)50-17-10-9-16-46(50)47-28-27-45(37-51(47)57)61(44-25-20-39(21-26-44)56-58-33-11-34-59-56)43-23-18-38(19-24-43)40-22-29-53-49(36-40)55-48-32-35-60(41-12-5-3-6-13-41)52(48)30-31-54(55)62(53)42-14-7-4-8-15-42/h3-37H,1-2H3. The number of aromatic nitrogens is 4. The number of fused-ring (bicyclic) bond motifs is 8. The molecule has 1 aliphatic rings. The van der Waals surface area contributed by atoms with E-state index in [0.29, 0.717) is 5.82 Å². The second-order valence-electron chi connectivity index (χ2n) is 16.7. The van der Waals surface area contributed by atoms with E-state index in [1.165, 1.54) is 60.5 Å². The molecule has 0 N–H and O–H groups in total. The highest BCUT2D eigenvalue weighted by Crippen LogP contribution is 2.51. The molecule has 3 heterocycles. The zero-order valence-corrected chi connectivity index (χ0v) is 34.4. The van der Waals surface area contributed by atoms with Crippen LogP contribution in [0.15, 0.2) is 213 Å². The van der Waals surface area contributed by atoms with E-state index >= 15 is 0 Å². The van der Waals surface area contributed by atoms with E-state index in [1.807, 2.05) is 6.07 Å². The predicted molar refractivity (Wildman–Crippen MR) is 256 cm³/mol. The normalized spacial score (nSPS) is 12.8. The van der Waals surface area contributed by atoms with Gasteiger partial charge in [0, 0.05) is 74.2 Å². The van der Waals surface area contributed by atoms with E-state index < -0.39 is 0 Å². The second-order valence-corrected chi connectivity index (χ2v) is 16.7. The molecule has 0 spiro atoms. The quantitative estimate of drug-likeness (QED) is 0.161. The molecule has 3 aromatic heterocycles. The number of benzene rings is 8. The van der Waals surface area contributed by atoms with Crippen LogP contribution < -0.4 is 4.90 Å². The number of hydrogen-bond acceptors (Lipinski definition) is 3. The lowest BCUT2D eigenvalue weighted by Gasteiger charge is -2.28. The van der Waals surface area contributed by atoms with Crippen molar-refractivity contribution in [1.29, 1.82) is 0 Å². The Bertz CT molecular complexity index is 3460. The highest BCUT2D eigenvalue weighted by molar-refractivity contribution is 6.21. The molecular formula is C57H41N5. The fourth-order valence-corrected chi connectivity index (χ4v) is 9.87. The minimum absolute atomic E-state index is 0.121. The average molecular weight is 796 g/mol. The third kappa shape index (κ3) is 5.62. The molecule has 0 unspecified atom stereocenters. The van der Waals surface area contributed by atoms with E-state index in [1.54, 1.807) is 12.4 Å². The van der Waals surface area contributed by atoms with Crippen LogP contribution in [0.25, 0.3) is 77.7 Å². The lowest BCUT2D eigenvalue weighted by Crippen LogP contribution is -2.16. The van der Waals surface area contributed by atoms with Gasteiger partial charge in [0.25, 0.3) is 0 Å². The summed E-state index contributed by atoms with van der Waals surface area (Å²) in [6.07, 6.45) is 5.77. The van der Waals surface area contributed by atoms with Gasteiger partial charge in [0.15, 0.2) is 5.82 Å². The Morgan fingerprint density at radius 3 is 1.77 bits per heavy atom. The van der Waals surface area contributed by atoms with Crippen molar-refractivity contribution in [3.63, 3.8) is 0 Å². The van der Waals surface area contributed by atoms with E-state index in [0.717, 1.165) is 39.6 Å². The van der Waals surface area contributed by atoms with Crippen molar-refractivity contribution in [3.05, 3.63) is 224 Å². The fraction of sp³-hybridized carbons (Fsp3) is 0.0526. The molecule has 0 aliphatic heterocycles. The molecule has 0 bridgehead atoms. The van der Waals surface area contributed by atoms with E-state index in [-0.39, 0.29) is 5.41 Å². The van der Waals surface area contributed by atoms with Crippen molar-refractivity contribution in [2.45, 2.75) is 19.3 Å². The first-order chi connectivity index (χ1) is 30.5. The summed E-state index contributed by atoms with van der Waals surface area (Å²) in [7, 11) is 0. The third-order valence-electron chi connectivity index (χ3n) is 12.9. The van der Waals surface area contributed by atoms with Crippen molar-refractivity contribution < 1.29 is 0 Å². The summed E-state index contributed by atoms with van der Waals surface area (Å²) in [6, 6.07) is 70.3. The monoisotopic (exact) mass is 795 g/mol. The molecule has 0 radical (unpaired) electrons. The van der Waals surface area contributed by atoms with Crippen molar-refractivity contribution in [2.24, 2.45) is 0 Å². The van der Waals surface area contributed by atoms with Crippen molar-refractivity contribution in [1.82, 2.24) is 19.1 Å². The first-order valence-corrected chi connectivity index (χ1v) is 21.2. The molecule has 0 saturated heterocycles. The van der Waals surface area contributed by atoms with Gasteiger partial charge >= 0.3 is 0 Å². The van der Waals surface area contributed by atoms with Crippen LogP contribution in [0.3, 0.4) is 0 Å². The summed E-state index contributed by atoms with van der Waals surface area (Å²) in [6.45, 7) is 4.68. The van der Waals surface area contributed by atoms with Gasteiger partial charge in [-0.1, -0.05) is 98.8 Å². The van der Waals surface area contributed by atoms with Gasteiger partial charge in [-0.25, -0.2) is 9.97 Å². The molecular weight excluding hydrogens is 755 g/mol.